The monoisotopic (exact) mass is 294 g/mol. The topological polar surface area (TPSA) is 0 Å². The molecule has 0 aliphatic rings. The summed E-state index contributed by atoms with van der Waals surface area (Å²) in [6.07, 6.45) is 0. The summed E-state index contributed by atoms with van der Waals surface area (Å²) in [5.74, 6) is 0. The number of hydrogen-bond acceptors (Lipinski definition) is 0. The quantitative estimate of drug-likeness (QED) is 0.747. The van der Waals surface area contributed by atoms with Crippen LogP contribution < -0.4 is 10.4 Å². The van der Waals surface area contributed by atoms with Gasteiger partial charge >= 0.3 is 23.1 Å². The van der Waals surface area contributed by atoms with Gasteiger partial charge in [-0.2, -0.15) is 36.6 Å². The van der Waals surface area contributed by atoms with Gasteiger partial charge in [-0.25, -0.2) is 0 Å². The van der Waals surface area contributed by atoms with E-state index in [2.05, 4.69) is 86.9 Å². The number of hydrogen-bond donors (Lipinski definition) is 0. The molecule has 0 amide bonds. The van der Waals surface area contributed by atoms with E-state index in [1.807, 2.05) is 0 Å². The fraction of sp³-hybridized carbons (Fsp3) is 0.250. The molecule has 0 fully saturated rings. The average molecular weight is 295 g/mol. The molecule has 0 heterocycles. The standard InChI is InChI=1S/2C8H11Si.Mg/c2*1-9(2)8-6-4-3-5-7-8;/h2*3-7H,1-2H3;/q2*-1;+2. The van der Waals surface area contributed by atoms with Crippen LogP contribution in [0.4, 0.5) is 0 Å². The van der Waals surface area contributed by atoms with Gasteiger partial charge in [0.15, 0.2) is 0 Å². The Balaban J connectivity index is 0.000000324. The molecule has 0 radical (unpaired) electrons. The first-order chi connectivity index (χ1) is 8.61. The van der Waals surface area contributed by atoms with E-state index in [0.717, 1.165) is 0 Å². The Morgan fingerprint density at radius 1 is 0.526 bits per heavy atom. The fourth-order valence-corrected chi connectivity index (χ4v) is 3.26. The third-order valence-corrected chi connectivity index (χ3v) is 5.68. The molecule has 0 atom stereocenters. The van der Waals surface area contributed by atoms with Crippen LogP contribution in [0.1, 0.15) is 0 Å². The molecule has 0 unspecified atom stereocenters. The number of rotatable bonds is 2. The first kappa shape index (κ1) is 18.6. The van der Waals surface area contributed by atoms with Crippen molar-refractivity contribution < 1.29 is 0 Å². The maximum absolute atomic E-state index is 2.31. The van der Waals surface area contributed by atoms with Gasteiger partial charge in [0, 0.05) is 0 Å². The van der Waals surface area contributed by atoms with Gasteiger partial charge < -0.3 is 0 Å². The van der Waals surface area contributed by atoms with Crippen molar-refractivity contribution in [3.05, 3.63) is 60.7 Å². The molecule has 2 aromatic carbocycles. The second-order valence-corrected chi connectivity index (χ2v) is 9.89. The van der Waals surface area contributed by atoms with Crippen LogP contribution in [0.5, 0.6) is 0 Å². The summed E-state index contributed by atoms with van der Waals surface area (Å²) in [6.45, 7) is 9.22. The minimum absolute atomic E-state index is 0. The zero-order chi connectivity index (χ0) is 13.4. The third kappa shape index (κ3) is 7.72. The minimum Gasteiger partial charge on any atom is -0.292 e. The van der Waals surface area contributed by atoms with Gasteiger partial charge in [0.2, 0.25) is 0 Å². The van der Waals surface area contributed by atoms with E-state index in [-0.39, 0.29) is 40.6 Å². The zero-order valence-corrected chi connectivity index (χ0v) is 15.9. The Labute approximate surface area is 137 Å². The van der Waals surface area contributed by atoms with Crippen molar-refractivity contribution in [3.8, 4) is 0 Å². The van der Waals surface area contributed by atoms with Gasteiger partial charge in [-0.3, -0.25) is 17.6 Å². The Morgan fingerprint density at radius 2 is 0.789 bits per heavy atom. The van der Waals surface area contributed by atoms with E-state index in [0.29, 0.717) is 0 Å². The van der Waals surface area contributed by atoms with Gasteiger partial charge in [0.05, 0.1) is 0 Å². The van der Waals surface area contributed by atoms with E-state index in [1.165, 1.54) is 10.4 Å². The van der Waals surface area contributed by atoms with Crippen LogP contribution in [0.2, 0.25) is 26.2 Å². The smallest absolute Gasteiger partial charge is 0.292 e. The summed E-state index contributed by atoms with van der Waals surface area (Å²) < 4.78 is 0. The van der Waals surface area contributed by atoms with Gasteiger partial charge in [-0.1, -0.05) is 60.7 Å². The molecule has 0 saturated carbocycles. The molecule has 0 bridgehead atoms. The van der Waals surface area contributed by atoms with Crippen LogP contribution in [-0.4, -0.2) is 40.6 Å². The van der Waals surface area contributed by atoms with Crippen LogP contribution >= 0.6 is 0 Å². The Bertz CT molecular complexity index is 384. The molecule has 2 aromatic rings. The van der Waals surface area contributed by atoms with E-state index in [9.17, 15) is 0 Å². The Kier molecular flexibility index (Phi) is 10.2. The predicted molar refractivity (Wildman–Crippen MR) is 92.9 cm³/mol. The summed E-state index contributed by atoms with van der Waals surface area (Å²) in [6, 6.07) is 21.4. The molecular formula is C16H22MgSi2. The molecule has 19 heavy (non-hydrogen) atoms. The summed E-state index contributed by atoms with van der Waals surface area (Å²) in [7, 11) is -0.424. The van der Waals surface area contributed by atoms with Crippen molar-refractivity contribution in [3.63, 3.8) is 0 Å². The molecule has 0 saturated heterocycles. The van der Waals surface area contributed by atoms with Crippen LogP contribution in [-0.2, 0) is 0 Å². The minimum atomic E-state index is -0.212. The van der Waals surface area contributed by atoms with E-state index in [1.54, 1.807) is 0 Å². The molecule has 0 N–H and O–H groups in total. The van der Waals surface area contributed by atoms with E-state index >= 15 is 0 Å². The van der Waals surface area contributed by atoms with Gasteiger partial charge in [0.25, 0.3) is 0 Å². The Hall–Kier alpha value is -0.360. The van der Waals surface area contributed by atoms with Crippen LogP contribution in [0.25, 0.3) is 0 Å². The molecule has 0 aromatic heterocycles. The zero-order valence-electron chi connectivity index (χ0n) is 12.5. The molecule has 2 rings (SSSR count). The van der Waals surface area contributed by atoms with E-state index in [4.69, 9.17) is 0 Å². The fourth-order valence-electron chi connectivity index (χ4n) is 1.54. The van der Waals surface area contributed by atoms with Crippen molar-refractivity contribution in [1.82, 2.24) is 0 Å². The predicted octanol–water partition coefficient (Wildman–Crippen LogP) is 2.92. The summed E-state index contributed by atoms with van der Waals surface area (Å²) >= 11 is 0. The molecule has 0 aliphatic heterocycles. The first-order valence-electron chi connectivity index (χ1n) is 6.32. The molecular weight excluding hydrogens is 273 g/mol. The van der Waals surface area contributed by atoms with Gasteiger partial charge in [-0.15, -0.1) is 0 Å². The summed E-state index contributed by atoms with van der Waals surface area (Å²) in [4.78, 5) is 0. The maximum Gasteiger partial charge on any atom is 2.00 e. The van der Waals surface area contributed by atoms with Gasteiger partial charge in [0.1, 0.15) is 0 Å². The van der Waals surface area contributed by atoms with Crippen molar-refractivity contribution in [2.24, 2.45) is 0 Å². The molecule has 0 nitrogen and oxygen atoms in total. The van der Waals surface area contributed by atoms with E-state index < -0.39 is 0 Å². The summed E-state index contributed by atoms with van der Waals surface area (Å²) in [5, 5.41) is 3.03. The van der Waals surface area contributed by atoms with Crippen LogP contribution in [0.3, 0.4) is 0 Å². The van der Waals surface area contributed by atoms with Crippen molar-refractivity contribution in [1.29, 1.82) is 0 Å². The molecule has 96 valence electrons. The SMILES string of the molecule is C[Si-](C)c1ccccc1.C[Si-](C)c1ccccc1.[Mg+2]. The van der Waals surface area contributed by atoms with Crippen molar-refractivity contribution in [2.75, 3.05) is 0 Å². The van der Waals surface area contributed by atoms with Crippen molar-refractivity contribution >= 4 is 51.0 Å². The second-order valence-electron chi connectivity index (χ2n) is 4.73. The maximum atomic E-state index is 2.31. The first-order valence-corrected chi connectivity index (χ1v) is 11.3. The van der Waals surface area contributed by atoms with Crippen molar-refractivity contribution in [2.45, 2.75) is 26.2 Å². The van der Waals surface area contributed by atoms with Gasteiger partial charge in [-0.05, 0) is 0 Å². The average Bonchev–Trinajstić information content (AvgIpc) is 2.41. The van der Waals surface area contributed by atoms with Crippen LogP contribution in [0, 0.1) is 0 Å². The molecule has 3 heteroatoms. The molecule has 0 aliphatic carbocycles. The second kappa shape index (κ2) is 10.4. The normalized spacial score (nSPS) is 8.63. The number of benzene rings is 2. The molecule has 0 spiro atoms. The third-order valence-electron chi connectivity index (χ3n) is 2.70. The van der Waals surface area contributed by atoms with Crippen LogP contribution in [0.15, 0.2) is 60.7 Å². The summed E-state index contributed by atoms with van der Waals surface area (Å²) in [5.41, 5.74) is 0. The largest absolute Gasteiger partial charge is 2.00 e. The Morgan fingerprint density at radius 3 is 0.947 bits per heavy atom.